The third-order valence-corrected chi connectivity index (χ3v) is 4.79. The minimum absolute atomic E-state index is 0.0637. The van der Waals surface area contributed by atoms with Crippen molar-refractivity contribution in [1.82, 2.24) is 15.3 Å². The average molecular weight is 348 g/mol. The molecule has 0 radical (unpaired) electrons. The van der Waals surface area contributed by atoms with Gasteiger partial charge in [0.2, 0.25) is 17.7 Å². The molecular formula is C18H28N4O3. The molecule has 1 atom stereocenters. The van der Waals surface area contributed by atoms with Gasteiger partial charge in [0.15, 0.2) is 0 Å². The number of hydrogen-bond donors (Lipinski definition) is 1. The van der Waals surface area contributed by atoms with Gasteiger partial charge in [-0.15, -0.1) is 0 Å². The van der Waals surface area contributed by atoms with E-state index in [-0.39, 0.29) is 17.9 Å². The van der Waals surface area contributed by atoms with E-state index in [1.54, 1.807) is 0 Å². The van der Waals surface area contributed by atoms with Crippen LogP contribution in [0.4, 0.5) is 5.95 Å². The highest BCUT2D eigenvalue weighted by atomic mass is 16.5. The van der Waals surface area contributed by atoms with Crippen LogP contribution in [0.2, 0.25) is 0 Å². The Labute approximate surface area is 149 Å². The van der Waals surface area contributed by atoms with Crippen LogP contribution in [0.1, 0.15) is 38.3 Å². The Morgan fingerprint density at radius 1 is 1.36 bits per heavy atom. The minimum atomic E-state index is 0.0637. The van der Waals surface area contributed by atoms with Crippen LogP contribution in [0, 0.1) is 12.8 Å². The summed E-state index contributed by atoms with van der Waals surface area (Å²) >= 11 is 0. The smallest absolute Gasteiger partial charge is 0.228 e. The van der Waals surface area contributed by atoms with E-state index in [2.05, 4.69) is 20.2 Å². The van der Waals surface area contributed by atoms with Crippen molar-refractivity contribution in [1.29, 1.82) is 0 Å². The topological polar surface area (TPSA) is 76.6 Å². The van der Waals surface area contributed by atoms with Crippen LogP contribution in [0.5, 0.6) is 5.88 Å². The van der Waals surface area contributed by atoms with Crippen molar-refractivity contribution in [2.75, 3.05) is 37.7 Å². The molecule has 2 aliphatic heterocycles. The van der Waals surface area contributed by atoms with Gasteiger partial charge in [-0.05, 0) is 39.5 Å². The molecule has 0 bridgehead atoms. The van der Waals surface area contributed by atoms with Gasteiger partial charge in [0.05, 0.1) is 12.7 Å². The second-order valence-electron chi connectivity index (χ2n) is 6.72. The summed E-state index contributed by atoms with van der Waals surface area (Å²) in [4.78, 5) is 23.5. The first-order valence-electron chi connectivity index (χ1n) is 9.28. The Bertz CT molecular complexity index is 582. The lowest BCUT2D eigenvalue weighted by Gasteiger charge is -2.31. The van der Waals surface area contributed by atoms with E-state index in [0.717, 1.165) is 51.1 Å². The van der Waals surface area contributed by atoms with E-state index in [1.807, 2.05) is 19.9 Å². The summed E-state index contributed by atoms with van der Waals surface area (Å²) < 4.78 is 11.1. The molecule has 0 aromatic carbocycles. The maximum atomic E-state index is 12.4. The third-order valence-electron chi connectivity index (χ3n) is 4.79. The zero-order valence-corrected chi connectivity index (χ0v) is 15.2. The van der Waals surface area contributed by atoms with Gasteiger partial charge in [-0.1, -0.05) is 0 Å². The van der Waals surface area contributed by atoms with Crippen LogP contribution < -0.4 is 15.0 Å². The number of hydrogen-bond acceptors (Lipinski definition) is 6. The Morgan fingerprint density at radius 3 is 2.84 bits per heavy atom. The molecule has 2 aliphatic rings. The van der Waals surface area contributed by atoms with E-state index >= 15 is 0 Å². The summed E-state index contributed by atoms with van der Waals surface area (Å²) in [5, 5.41) is 3.05. The number of carbonyl (C=O) groups is 1. The van der Waals surface area contributed by atoms with Crippen LogP contribution in [0.3, 0.4) is 0 Å². The molecule has 2 fully saturated rings. The van der Waals surface area contributed by atoms with Gasteiger partial charge in [-0.2, -0.15) is 4.98 Å². The molecule has 0 spiro atoms. The fourth-order valence-corrected chi connectivity index (χ4v) is 3.39. The molecule has 0 unspecified atom stereocenters. The third kappa shape index (κ3) is 4.81. The predicted octanol–water partition coefficient (Wildman–Crippen LogP) is 1.70. The Balaban J connectivity index is 1.50. The summed E-state index contributed by atoms with van der Waals surface area (Å²) in [5.41, 5.74) is 0.893. The summed E-state index contributed by atoms with van der Waals surface area (Å²) in [5.74, 6) is 1.52. The fourth-order valence-electron chi connectivity index (χ4n) is 3.39. The standard InChI is InChI=1S/C18H28N4O3/c1-3-24-16-11-13(2)20-18(21-16)22-8-6-14(7-9-22)17(23)19-12-15-5-4-10-25-15/h11,14-15H,3-10,12H2,1-2H3,(H,19,23)/t15-/m1/s1. The first-order chi connectivity index (χ1) is 12.2. The highest BCUT2D eigenvalue weighted by Gasteiger charge is 2.27. The SMILES string of the molecule is CCOc1cc(C)nc(N2CCC(C(=O)NC[C@H]3CCCO3)CC2)n1. The molecule has 7 heteroatoms. The number of aryl methyl sites for hydroxylation is 1. The Hall–Kier alpha value is -1.89. The zero-order chi connectivity index (χ0) is 17.6. The van der Waals surface area contributed by atoms with Crippen molar-refractivity contribution in [2.45, 2.75) is 45.6 Å². The second-order valence-corrected chi connectivity index (χ2v) is 6.72. The molecule has 1 aromatic heterocycles. The number of amides is 1. The number of piperidine rings is 1. The molecule has 0 saturated carbocycles. The van der Waals surface area contributed by atoms with Crippen molar-refractivity contribution < 1.29 is 14.3 Å². The van der Waals surface area contributed by atoms with E-state index < -0.39 is 0 Å². The van der Waals surface area contributed by atoms with Gasteiger partial charge in [-0.25, -0.2) is 4.98 Å². The number of anilines is 1. The van der Waals surface area contributed by atoms with Gasteiger partial charge < -0.3 is 19.7 Å². The lowest BCUT2D eigenvalue weighted by Crippen LogP contribution is -2.42. The quantitative estimate of drug-likeness (QED) is 0.843. The Kier molecular flexibility index (Phi) is 6.07. The van der Waals surface area contributed by atoms with Crippen LogP contribution >= 0.6 is 0 Å². The number of ether oxygens (including phenoxy) is 2. The van der Waals surface area contributed by atoms with E-state index in [4.69, 9.17) is 9.47 Å². The molecule has 3 rings (SSSR count). The van der Waals surface area contributed by atoms with Crippen LogP contribution in [0.15, 0.2) is 6.07 Å². The number of rotatable bonds is 6. The molecule has 1 aromatic rings. The normalized spacial score (nSPS) is 21.4. The minimum Gasteiger partial charge on any atom is -0.478 e. The molecule has 1 N–H and O–H groups in total. The number of aromatic nitrogens is 2. The maximum Gasteiger partial charge on any atom is 0.228 e. The summed E-state index contributed by atoms with van der Waals surface area (Å²) in [6, 6.07) is 1.85. The average Bonchev–Trinajstić information content (AvgIpc) is 3.13. The van der Waals surface area contributed by atoms with Crippen molar-refractivity contribution in [3.05, 3.63) is 11.8 Å². The van der Waals surface area contributed by atoms with Crippen LogP contribution in [-0.2, 0) is 9.53 Å². The number of nitrogens with zero attached hydrogens (tertiary/aromatic N) is 3. The molecule has 138 valence electrons. The molecule has 2 saturated heterocycles. The lowest BCUT2D eigenvalue weighted by molar-refractivity contribution is -0.126. The maximum absolute atomic E-state index is 12.4. The van der Waals surface area contributed by atoms with Gasteiger partial charge in [-0.3, -0.25) is 4.79 Å². The molecular weight excluding hydrogens is 320 g/mol. The van der Waals surface area contributed by atoms with Gasteiger partial charge in [0.1, 0.15) is 0 Å². The van der Waals surface area contributed by atoms with Gasteiger partial charge >= 0.3 is 0 Å². The van der Waals surface area contributed by atoms with E-state index in [9.17, 15) is 4.79 Å². The van der Waals surface area contributed by atoms with Gasteiger partial charge in [0.25, 0.3) is 0 Å². The second kappa shape index (κ2) is 8.47. The van der Waals surface area contributed by atoms with Crippen molar-refractivity contribution in [2.24, 2.45) is 5.92 Å². The lowest BCUT2D eigenvalue weighted by atomic mass is 9.96. The number of carbonyl (C=O) groups excluding carboxylic acids is 1. The zero-order valence-electron chi connectivity index (χ0n) is 15.2. The molecule has 0 aliphatic carbocycles. The van der Waals surface area contributed by atoms with Crippen LogP contribution in [0.25, 0.3) is 0 Å². The highest BCUT2D eigenvalue weighted by Crippen LogP contribution is 2.23. The van der Waals surface area contributed by atoms with E-state index in [0.29, 0.717) is 25.0 Å². The summed E-state index contributed by atoms with van der Waals surface area (Å²) in [7, 11) is 0. The fraction of sp³-hybridized carbons (Fsp3) is 0.722. The monoisotopic (exact) mass is 348 g/mol. The summed E-state index contributed by atoms with van der Waals surface area (Å²) in [6.45, 7) is 7.50. The van der Waals surface area contributed by atoms with Crippen molar-refractivity contribution in [3.8, 4) is 5.88 Å². The molecule has 3 heterocycles. The molecule has 7 nitrogen and oxygen atoms in total. The van der Waals surface area contributed by atoms with E-state index in [1.165, 1.54) is 0 Å². The van der Waals surface area contributed by atoms with Crippen molar-refractivity contribution >= 4 is 11.9 Å². The van der Waals surface area contributed by atoms with Crippen molar-refractivity contribution in [3.63, 3.8) is 0 Å². The summed E-state index contributed by atoms with van der Waals surface area (Å²) in [6.07, 6.45) is 3.98. The van der Waals surface area contributed by atoms with Gasteiger partial charge in [0, 0.05) is 43.9 Å². The highest BCUT2D eigenvalue weighted by molar-refractivity contribution is 5.79. The first kappa shape index (κ1) is 17.9. The number of nitrogens with one attached hydrogen (secondary N) is 1. The largest absolute Gasteiger partial charge is 0.478 e. The Morgan fingerprint density at radius 2 is 2.16 bits per heavy atom. The first-order valence-corrected chi connectivity index (χ1v) is 9.28. The molecule has 25 heavy (non-hydrogen) atoms. The van der Waals surface area contributed by atoms with Crippen LogP contribution in [-0.4, -0.2) is 54.8 Å². The predicted molar refractivity (Wildman–Crippen MR) is 94.9 cm³/mol. The molecule has 1 amide bonds.